The standard InChI is InChI=1S/C21H37N.ClH.2H2O/c1-4-5-6-7-8-9-10-11-15-18-21(22(2)3)19-20-16-13-12-14-17-20;;;/h12-14,16-17,21H,4-11,15,18-19H2,1-3H3;1H;2*1H2. The van der Waals surface area contributed by atoms with E-state index in [1.165, 1.54) is 76.2 Å². The number of halogens is 1. The van der Waals surface area contributed by atoms with Gasteiger partial charge in [-0.1, -0.05) is 95.0 Å². The number of hydrogen-bond acceptors (Lipinski definition) is 1. The van der Waals surface area contributed by atoms with Crippen LogP contribution in [0.1, 0.15) is 76.7 Å². The van der Waals surface area contributed by atoms with Crippen LogP contribution in [-0.2, 0) is 6.42 Å². The Kier molecular flexibility index (Phi) is 23.0. The predicted octanol–water partition coefficient (Wildman–Crippen LogP) is 4.85. The summed E-state index contributed by atoms with van der Waals surface area (Å²) in [6.07, 6.45) is 15.3. The SMILES string of the molecule is CCCCCCCCCCCC(Cc1ccccc1)N(C)C.Cl.O.O. The topological polar surface area (TPSA) is 66.2 Å². The first kappa shape index (κ1) is 29.2. The maximum atomic E-state index is 2.40. The molecule has 4 N–H and O–H groups in total. The van der Waals surface area contributed by atoms with E-state index in [1.807, 2.05) is 0 Å². The van der Waals surface area contributed by atoms with Crippen LogP contribution >= 0.6 is 12.4 Å². The fourth-order valence-electron chi connectivity index (χ4n) is 3.12. The van der Waals surface area contributed by atoms with Crippen LogP contribution in [0.3, 0.4) is 0 Å². The van der Waals surface area contributed by atoms with E-state index in [9.17, 15) is 0 Å². The molecule has 1 aromatic carbocycles. The van der Waals surface area contributed by atoms with Crippen molar-refractivity contribution >= 4 is 12.4 Å². The number of benzene rings is 1. The van der Waals surface area contributed by atoms with Gasteiger partial charge in [0.1, 0.15) is 0 Å². The molecular weight excluding hydrogens is 334 g/mol. The minimum Gasteiger partial charge on any atom is -0.412 e. The molecule has 0 aliphatic heterocycles. The Morgan fingerprint density at radius 2 is 1.24 bits per heavy atom. The van der Waals surface area contributed by atoms with Gasteiger partial charge in [0.15, 0.2) is 0 Å². The molecule has 0 amide bonds. The lowest BCUT2D eigenvalue weighted by Crippen LogP contribution is -2.30. The minimum absolute atomic E-state index is 0. The molecule has 0 bridgehead atoms. The fourth-order valence-corrected chi connectivity index (χ4v) is 3.12. The van der Waals surface area contributed by atoms with Gasteiger partial charge in [0.2, 0.25) is 0 Å². The van der Waals surface area contributed by atoms with Gasteiger partial charge < -0.3 is 15.9 Å². The van der Waals surface area contributed by atoms with Crippen molar-refractivity contribution in [3.05, 3.63) is 35.9 Å². The van der Waals surface area contributed by atoms with Crippen molar-refractivity contribution in [1.29, 1.82) is 0 Å². The van der Waals surface area contributed by atoms with Gasteiger partial charge in [-0.25, -0.2) is 0 Å². The Labute approximate surface area is 162 Å². The number of nitrogens with zero attached hydrogens (tertiary/aromatic N) is 1. The first-order valence-corrected chi connectivity index (χ1v) is 9.44. The zero-order chi connectivity index (χ0) is 16.0. The van der Waals surface area contributed by atoms with E-state index in [0.29, 0.717) is 6.04 Å². The van der Waals surface area contributed by atoms with E-state index in [1.54, 1.807) is 0 Å². The van der Waals surface area contributed by atoms with Gasteiger partial charge in [-0.3, -0.25) is 0 Å². The summed E-state index contributed by atoms with van der Waals surface area (Å²) in [5, 5.41) is 0. The van der Waals surface area contributed by atoms with E-state index in [4.69, 9.17) is 0 Å². The third-order valence-corrected chi connectivity index (χ3v) is 4.69. The second-order valence-electron chi connectivity index (χ2n) is 6.92. The number of rotatable bonds is 13. The van der Waals surface area contributed by atoms with Crippen LogP contribution in [0.25, 0.3) is 0 Å². The summed E-state index contributed by atoms with van der Waals surface area (Å²) in [6, 6.07) is 11.6. The van der Waals surface area contributed by atoms with Gasteiger partial charge in [-0.05, 0) is 32.5 Å². The molecular formula is C21H42ClNO2. The first-order chi connectivity index (χ1) is 10.7. The zero-order valence-corrected chi connectivity index (χ0v) is 17.4. The van der Waals surface area contributed by atoms with E-state index < -0.39 is 0 Å². The summed E-state index contributed by atoms with van der Waals surface area (Å²) in [4.78, 5) is 2.40. The molecule has 0 saturated carbocycles. The van der Waals surface area contributed by atoms with Crippen molar-refractivity contribution < 1.29 is 11.0 Å². The van der Waals surface area contributed by atoms with Crippen LogP contribution in [0.4, 0.5) is 0 Å². The molecule has 0 aromatic heterocycles. The molecule has 0 fully saturated rings. The molecule has 0 saturated heterocycles. The molecule has 0 radical (unpaired) electrons. The third-order valence-electron chi connectivity index (χ3n) is 4.69. The average Bonchev–Trinajstić information content (AvgIpc) is 2.53. The highest BCUT2D eigenvalue weighted by atomic mass is 35.5. The first-order valence-electron chi connectivity index (χ1n) is 9.44. The molecule has 1 aromatic rings. The summed E-state index contributed by atoms with van der Waals surface area (Å²) < 4.78 is 0. The monoisotopic (exact) mass is 375 g/mol. The zero-order valence-electron chi connectivity index (χ0n) is 16.6. The predicted molar refractivity (Wildman–Crippen MR) is 114 cm³/mol. The van der Waals surface area contributed by atoms with Crippen molar-refractivity contribution in [2.45, 2.75) is 83.6 Å². The number of hydrogen-bond donors (Lipinski definition) is 0. The Bertz CT molecular complexity index is 360. The van der Waals surface area contributed by atoms with Gasteiger partial charge in [-0.15, -0.1) is 12.4 Å². The Morgan fingerprint density at radius 1 is 0.760 bits per heavy atom. The van der Waals surface area contributed by atoms with E-state index in [0.717, 1.165) is 0 Å². The van der Waals surface area contributed by atoms with Crippen molar-refractivity contribution in [2.24, 2.45) is 0 Å². The van der Waals surface area contributed by atoms with Gasteiger partial charge in [0, 0.05) is 6.04 Å². The second kappa shape index (κ2) is 19.7. The van der Waals surface area contributed by atoms with Crippen LogP contribution in [-0.4, -0.2) is 36.0 Å². The molecule has 25 heavy (non-hydrogen) atoms. The molecule has 0 spiro atoms. The molecule has 1 rings (SSSR count). The Balaban J connectivity index is -0.00000161. The van der Waals surface area contributed by atoms with Gasteiger partial charge in [-0.2, -0.15) is 0 Å². The van der Waals surface area contributed by atoms with Crippen LogP contribution < -0.4 is 0 Å². The quantitative estimate of drug-likeness (QED) is 0.454. The lowest BCUT2D eigenvalue weighted by atomic mass is 9.98. The lowest BCUT2D eigenvalue weighted by Gasteiger charge is -2.24. The smallest absolute Gasteiger partial charge is 0.0130 e. The van der Waals surface area contributed by atoms with Crippen LogP contribution in [0, 0.1) is 0 Å². The normalized spacial score (nSPS) is 11.2. The summed E-state index contributed by atoms with van der Waals surface area (Å²) in [6.45, 7) is 2.29. The Morgan fingerprint density at radius 3 is 1.72 bits per heavy atom. The molecule has 1 unspecified atom stereocenters. The molecule has 150 valence electrons. The second-order valence-corrected chi connectivity index (χ2v) is 6.92. The van der Waals surface area contributed by atoms with Crippen LogP contribution in [0.5, 0.6) is 0 Å². The molecule has 0 heterocycles. The minimum atomic E-state index is 0. The van der Waals surface area contributed by atoms with Crippen molar-refractivity contribution in [1.82, 2.24) is 4.90 Å². The Hall–Kier alpha value is -0.610. The van der Waals surface area contributed by atoms with Crippen molar-refractivity contribution in [3.63, 3.8) is 0 Å². The number of likely N-dealkylation sites (N-methyl/N-ethyl adjacent to an activating group) is 1. The molecule has 0 aliphatic rings. The summed E-state index contributed by atoms with van der Waals surface area (Å²) in [5.41, 5.74) is 1.47. The summed E-state index contributed by atoms with van der Waals surface area (Å²) in [7, 11) is 4.45. The molecule has 0 aliphatic carbocycles. The van der Waals surface area contributed by atoms with E-state index in [-0.39, 0.29) is 23.4 Å². The van der Waals surface area contributed by atoms with Crippen LogP contribution in [0.2, 0.25) is 0 Å². The largest absolute Gasteiger partial charge is 0.412 e. The lowest BCUT2D eigenvalue weighted by molar-refractivity contribution is 0.269. The van der Waals surface area contributed by atoms with E-state index >= 15 is 0 Å². The fraction of sp³-hybridized carbons (Fsp3) is 0.714. The van der Waals surface area contributed by atoms with Gasteiger partial charge in [0.25, 0.3) is 0 Å². The third kappa shape index (κ3) is 15.4. The average molecular weight is 376 g/mol. The maximum Gasteiger partial charge on any atom is 0.0130 e. The maximum absolute atomic E-state index is 2.40. The highest BCUT2D eigenvalue weighted by Gasteiger charge is 2.11. The molecule has 3 nitrogen and oxygen atoms in total. The van der Waals surface area contributed by atoms with Gasteiger partial charge >= 0.3 is 0 Å². The number of unbranched alkanes of at least 4 members (excludes halogenated alkanes) is 8. The molecule has 1 atom stereocenters. The van der Waals surface area contributed by atoms with E-state index in [2.05, 4.69) is 56.3 Å². The molecule has 4 heteroatoms. The summed E-state index contributed by atoms with van der Waals surface area (Å²) in [5.74, 6) is 0. The van der Waals surface area contributed by atoms with Crippen molar-refractivity contribution in [2.75, 3.05) is 14.1 Å². The van der Waals surface area contributed by atoms with Crippen LogP contribution in [0.15, 0.2) is 30.3 Å². The highest BCUT2D eigenvalue weighted by molar-refractivity contribution is 5.85. The summed E-state index contributed by atoms with van der Waals surface area (Å²) >= 11 is 0. The van der Waals surface area contributed by atoms with Crippen molar-refractivity contribution in [3.8, 4) is 0 Å². The van der Waals surface area contributed by atoms with Gasteiger partial charge in [0.05, 0.1) is 0 Å². The highest BCUT2D eigenvalue weighted by Crippen LogP contribution is 2.15.